The zero-order valence-corrected chi connectivity index (χ0v) is 17.2. The van der Waals surface area contributed by atoms with Gasteiger partial charge in [0.2, 0.25) is 10.0 Å². The molecular formula is C24H21F2NO2S. The highest BCUT2D eigenvalue weighted by Gasteiger charge is 2.20. The number of hydrogen-bond donors (Lipinski definition) is 1. The van der Waals surface area contributed by atoms with E-state index in [1.165, 1.54) is 6.07 Å². The van der Waals surface area contributed by atoms with Crippen LogP contribution in [0.1, 0.15) is 39.8 Å². The summed E-state index contributed by atoms with van der Waals surface area (Å²) in [5.41, 5.74) is 6.29. The second kappa shape index (κ2) is 8.03. The minimum absolute atomic E-state index is 0.0263. The van der Waals surface area contributed by atoms with Crippen molar-refractivity contribution >= 4 is 27.4 Å². The van der Waals surface area contributed by atoms with E-state index in [4.69, 9.17) is 0 Å². The molecule has 154 valence electrons. The standard InChI is InChI=1S/C24H21F2NO2S/c1-30(28,29)27-20-7-4-5-16(13-20)14-23-21-8-3-2-6-17(21)9-10-18-15-19(24(25)26)11-12-22(18)23/h2-8,11-15,24,27H,9-10H2,1H3/b23-14+. The zero-order chi connectivity index (χ0) is 21.3. The molecule has 0 heterocycles. The summed E-state index contributed by atoms with van der Waals surface area (Å²) in [6.07, 6.45) is 2.03. The van der Waals surface area contributed by atoms with Crippen molar-refractivity contribution in [2.75, 3.05) is 11.0 Å². The number of fused-ring (bicyclic) bond motifs is 2. The van der Waals surface area contributed by atoms with Gasteiger partial charge in [-0.3, -0.25) is 4.72 Å². The Bertz CT molecular complexity index is 1230. The highest BCUT2D eigenvalue weighted by Crippen LogP contribution is 2.36. The van der Waals surface area contributed by atoms with E-state index in [-0.39, 0.29) is 5.56 Å². The molecule has 0 aromatic heterocycles. The van der Waals surface area contributed by atoms with E-state index in [1.54, 1.807) is 30.3 Å². The maximum absolute atomic E-state index is 13.3. The van der Waals surface area contributed by atoms with E-state index in [1.807, 2.05) is 30.3 Å². The first kappa shape index (κ1) is 20.3. The monoisotopic (exact) mass is 425 g/mol. The molecule has 0 saturated heterocycles. The average Bonchev–Trinajstić information content (AvgIpc) is 2.84. The largest absolute Gasteiger partial charge is 0.284 e. The Balaban J connectivity index is 1.87. The third-order valence-corrected chi connectivity index (χ3v) is 5.75. The van der Waals surface area contributed by atoms with Gasteiger partial charge in [-0.1, -0.05) is 48.5 Å². The van der Waals surface area contributed by atoms with Crippen LogP contribution in [0.25, 0.3) is 11.6 Å². The number of aryl methyl sites for hydroxylation is 2. The van der Waals surface area contributed by atoms with Crippen molar-refractivity contribution in [3.8, 4) is 0 Å². The SMILES string of the molecule is CS(=O)(=O)Nc1cccc(/C=C2\c3ccccc3CCc3cc(C(F)F)ccc32)c1. The molecular weight excluding hydrogens is 404 g/mol. The van der Waals surface area contributed by atoms with Crippen molar-refractivity contribution < 1.29 is 17.2 Å². The Kier molecular flexibility index (Phi) is 5.43. The summed E-state index contributed by atoms with van der Waals surface area (Å²) in [7, 11) is -3.38. The molecule has 0 spiro atoms. The van der Waals surface area contributed by atoms with Crippen LogP contribution in [0.4, 0.5) is 14.5 Å². The van der Waals surface area contributed by atoms with E-state index in [0.29, 0.717) is 12.1 Å². The highest BCUT2D eigenvalue weighted by molar-refractivity contribution is 7.92. The zero-order valence-electron chi connectivity index (χ0n) is 16.4. The number of hydrogen-bond acceptors (Lipinski definition) is 2. The lowest BCUT2D eigenvalue weighted by atomic mass is 9.91. The van der Waals surface area contributed by atoms with Crippen molar-refractivity contribution in [2.24, 2.45) is 0 Å². The lowest BCUT2D eigenvalue weighted by Gasteiger charge is -2.14. The van der Waals surface area contributed by atoms with E-state index < -0.39 is 16.4 Å². The molecule has 0 fully saturated rings. The molecule has 0 bridgehead atoms. The third kappa shape index (κ3) is 4.44. The van der Waals surface area contributed by atoms with Gasteiger partial charge in [0, 0.05) is 11.3 Å². The van der Waals surface area contributed by atoms with Gasteiger partial charge in [-0.25, -0.2) is 17.2 Å². The van der Waals surface area contributed by atoms with Crippen molar-refractivity contribution in [3.63, 3.8) is 0 Å². The summed E-state index contributed by atoms with van der Waals surface area (Å²) in [6.45, 7) is 0. The lowest BCUT2D eigenvalue weighted by Crippen LogP contribution is -2.09. The topological polar surface area (TPSA) is 46.2 Å². The molecule has 3 nitrogen and oxygen atoms in total. The molecule has 4 rings (SSSR count). The van der Waals surface area contributed by atoms with Gasteiger partial charge in [-0.2, -0.15) is 0 Å². The van der Waals surface area contributed by atoms with Gasteiger partial charge in [0.1, 0.15) is 0 Å². The van der Waals surface area contributed by atoms with Crippen LogP contribution in [0, 0.1) is 0 Å². The molecule has 0 radical (unpaired) electrons. The summed E-state index contributed by atoms with van der Waals surface area (Å²) < 4.78 is 52.1. The first-order valence-corrected chi connectivity index (χ1v) is 11.5. The number of anilines is 1. The van der Waals surface area contributed by atoms with Crippen molar-refractivity contribution in [1.82, 2.24) is 0 Å². The summed E-state index contributed by atoms with van der Waals surface area (Å²) >= 11 is 0. The maximum Gasteiger partial charge on any atom is 0.263 e. The predicted molar refractivity (Wildman–Crippen MR) is 117 cm³/mol. The Hall–Kier alpha value is -2.99. The number of nitrogens with one attached hydrogen (secondary N) is 1. The van der Waals surface area contributed by atoms with Gasteiger partial charge in [-0.05, 0) is 70.5 Å². The van der Waals surface area contributed by atoms with Crippen LogP contribution in [0.5, 0.6) is 0 Å². The van der Waals surface area contributed by atoms with Gasteiger partial charge in [0.15, 0.2) is 0 Å². The molecule has 30 heavy (non-hydrogen) atoms. The van der Waals surface area contributed by atoms with Crippen LogP contribution in [-0.2, 0) is 22.9 Å². The second-order valence-electron chi connectivity index (χ2n) is 7.43. The van der Waals surface area contributed by atoms with Crippen LogP contribution < -0.4 is 4.72 Å². The molecule has 6 heteroatoms. The molecule has 1 N–H and O–H groups in total. The quantitative estimate of drug-likeness (QED) is 0.584. The molecule has 3 aromatic carbocycles. The van der Waals surface area contributed by atoms with Gasteiger partial charge < -0.3 is 0 Å². The van der Waals surface area contributed by atoms with Crippen molar-refractivity contribution in [3.05, 3.63) is 100 Å². The van der Waals surface area contributed by atoms with Gasteiger partial charge in [-0.15, -0.1) is 0 Å². The average molecular weight is 426 g/mol. The van der Waals surface area contributed by atoms with Gasteiger partial charge in [0.25, 0.3) is 6.43 Å². The third-order valence-electron chi connectivity index (χ3n) is 5.14. The first-order chi connectivity index (χ1) is 14.3. The number of rotatable bonds is 4. The summed E-state index contributed by atoms with van der Waals surface area (Å²) in [4.78, 5) is 0. The molecule has 0 atom stereocenters. The summed E-state index contributed by atoms with van der Waals surface area (Å²) in [5, 5.41) is 0. The fraction of sp³-hybridized carbons (Fsp3) is 0.167. The molecule has 0 saturated carbocycles. The molecule has 0 aliphatic heterocycles. The molecule has 3 aromatic rings. The number of halogens is 2. The Labute approximate surface area is 175 Å². The Morgan fingerprint density at radius 1 is 0.900 bits per heavy atom. The molecule has 1 aliphatic carbocycles. The van der Waals surface area contributed by atoms with Crippen LogP contribution in [0.15, 0.2) is 66.7 Å². The van der Waals surface area contributed by atoms with E-state index in [9.17, 15) is 17.2 Å². The maximum atomic E-state index is 13.3. The normalized spacial score (nSPS) is 14.9. The van der Waals surface area contributed by atoms with Crippen molar-refractivity contribution in [2.45, 2.75) is 19.3 Å². The first-order valence-electron chi connectivity index (χ1n) is 9.59. The summed E-state index contributed by atoms with van der Waals surface area (Å²) in [6, 6.07) is 20.0. The Morgan fingerprint density at radius 3 is 2.40 bits per heavy atom. The van der Waals surface area contributed by atoms with Gasteiger partial charge in [0.05, 0.1) is 6.26 Å². The Morgan fingerprint density at radius 2 is 1.63 bits per heavy atom. The minimum Gasteiger partial charge on any atom is -0.284 e. The number of sulfonamides is 1. The predicted octanol–water partition coefficient (Wildman–Crippen LogP) is 5.68. The smallest absolute Gasteiger partial charge is 0.263 e. The lowest BCUT2D eigenvalue weighted by molar-refractivity contribution is 0.151. The number of benzene rings is 3. The van der Waals surface area contributed by atoms with Crippen LogP contribution >= 0.6 is 0 Å². The van der Waals surface area contributed by atoms with E-state index in [2.05, 4.69) is 10.8 Å². The van der Waals surface area contributed by atoms with Crippen LogP contribution in [-0.4, -0.2) is 14.7 Å². The summed E-state index contributed by atoms with van der Waals surface area (Å²) in [5.74, 6) is 0. The van der Waals surface area contributed by atoms with Crippen LogP contribution in [0.2, 0.25) is 0 Å². The van der Waals surface area contributed by atoms with E-state index >= 15 is 0 Å². The molecule has 1 aliphatic rings. The van der Waals surface area contributed by atoms with E-state index in [0.717, 1.165) is 46.1 Å². The molecule has 0 unspecified atom stereocenters. The fourth-order valence-corrected chi connectivity index (χ4v) is 4.42. The van der Waals surface area contributed by atoms with Crippen LogP contribution in [0.3, 0.4) is 0 Å². The van der Waals surface area contributed by atoms with Crippen molar-refractivity contribution in [1.29, 1.82) is 0 Å². The fourth-order valence-electron chi connectivity index (χ4n) is 3.86. The minimum atomic E-state index is -3.38. The molecule has 0 amide bonds. The number of alkyl halides is 2. The highest BCUT2D eigenvalue weighted by atomic mass is 32.2. The van der Waals surface area contributed by atoms with Gasteiger partial charge >= 0.3 is 0 Å². The second-order valence-corrected chi connectivity index (χ2v) is 9.18.